The van der Waals surface area contributed by atoms with E-state index in [0.717, 1.165) is 0 Å². The van der Waals surface area contributed by atoms with E-state index in [1.165, 1.54) is 15.9 Å². The summed E-state index contributed by atoms with van der Waals surface area (Å²) in [5, 5.41) is 0.614. The number of benzene rings is 2. The van der Waals surface area contributed by atoms with Gasteiger partial charge in [-0.3, -0.25) is 9.36 Å². The topological polar surface area (TPSA) is 79.1 Å². The number of hydrogen-bond donors (Lipinski definition) is 0. The van der Waals surface area contributed by atoms with Crippen molar-refractivity contribution in [3.63, 3.8) is 0 Å². The Morgan fingerprint density at radius 2 is 1.92 bits per heavy atom. The average molecular weight is 588 g/mol. The normalized spacial score (nSPS) is 15.2. The van der Waals surface area contributed by atoms with Crippen LogP contribution in [0.5, 0.6) is 11.5 Å². The van der Waals surface area contributed by atoms with Gasteiger partial charge < -0.3 is 14.2 Å². The van der Waals surface area contributed by atoms with Gasteiger partial charge in [0.05, 0.1) is 38.6 Å². The first kappa shape index (κ1) is 28.7. The van der Waals surface area contributed by atoms with Crippen LogP contribution < -0.4 is 24.4 Å². The molecule has 0 saturated carbocycles. The number of esters is 1. The Morgan fingerprint density at radius 1 is 1.23 bits per heavy atom. The number of halogens is 2. The predicted octanol–water partition coefficient (Wildman–Crippen LogP) is 5.46. The van der Waals surface area contributed by atoms with E-state index in [2.05, 4.69) is 11.6 Å². The number of ether oxygens (including phenoxy) is 3. The van der Waals surface area contributed by atoms with Crippen LogP contribution >= 0.6 is 34.5 Å². The Balaban J connectivity index is 1.93. The first-order chi connectivity index (χ1) is 18.7. The van der Waals surface area contributed by atoms with Crippen LogP contribution in [0.3, 0.4) is 0 Å². The van der Waals surface area contributed by atoms with Crippen molar-refractivity contribution in [1.29, 1.82) is 0 Å². The fourth-order valence-corrected chi connectivity index (χ4v) is 5.91. The van der Waals surface area contributed by atoms with E-state index < -0.39 is 12.0 Å². The molecule has 0 unspecified atom stereocenters. The molecule has 204 valence electrons. The summed E-state index contributed by atoms with van der Waals surface area (Å²) in [5.74, 6) is 0.372. The van der Waals surface area contributed by atoms with Crippen molar-refractivity contribution in [2.45, 2.75) is 39.8 Å². The maximum Gasteiger partial charge on any atom is 0.338 e. The van der Waals surface area contributed by atoms with Crippen molar-refractivity contribution in [1.82, 2.24) is 4.57 Å². The first-order valence-corrected chi connectivity index (χ1v) is 13.9. The number of para-hydroxylation sites is 1. The molecule has 0 bridgehead atoms. The van der Waals surface area contributed by atoms with Gasteiger partial charge in [-0.15, -0.1) is 0 Å². The summed E-state index contributed by atoms with van der Waals surface area (Å²) in [5.41, 5.74) is 1.70. The molecule has 2 heterocycles. The van der Waals surface area contributed by atoms with Crippen LogP contribution in [0.1, 0.15) is 44.9 Å². The smallest absolute Gasteiger partial charge is 0.338 e. The molecule has 39 heavy (non-hydrogen) atoms. The number of carbonyl (C=O) groups excluding carboxylic acids is 1. The number of aromatic nitrogens is 1. The molecule has 4 rings (SSSR count). The lowest BCUT2D eigenvalue weighted by atomic mass is 9.95. The molecule has 0 radical (unpaired) electrons. The van der Waals surface area contributed by atoms with Crippen molar-refractivity contribution >= 4 is 46.6 Å². The summed E-state index contributed by atoms with van der Waals surface area (Å²) >= 11 is 14.0. The number of fused-ring (bicyclic) bond motifs is 1. The van der Waals surface area contributed by atoms with Gasteiger partial charge in [0, 0.05) is 5.56 Å². The third-order valence-corrected chi connectivity index (χ3v) is 7.30. The molecular weight excluding hydrogens is 559 g/mol. The molecule has 1 atom stereocenters. The summed E-state index contributed by atoms with van der Waals surface area (Å²) in [6.45, 7) is 11.4. The lowest BCUT2D eigenvalue weighted by Crippen LogP contribution is -2.40. The molecule has 2 aromatic carbocycles. The van der Waals surface area contributed by atoms with E-state index in [1.807, 2.05) is 38.1 Å². The second-order valence-corrected chi connectivity index (χ2v) is 10.7. The molecule has 0 aliphatic carbocycles. The van der Waals surface area contributed by atoms with Crippen LogP contribution in [-0.2, 0) is 9.53 Å². The minimum atomic E-state index is -0.792. The van der Waals surface area contributed by atoms with E-state index >= 15 is 0 Å². The zero-order valence-electron chi connectivity index (χ0n) is 22.0. The summed E-state index contributed by atoms with van der Waals surface area (Å²) < 4.78 is 18.9. The van der Waals surface area contributed by atoms with Gasteiger partial charge in [0.2, 0.25) is 0 Å². The van der Waals surface area contributed by atoms with Gasteiger partial charge >= 0.3 is 5.97 Å². The van der Waals surface area contributed by atoms with Crippen LogP contribution in [-0.4, -0.2) is 29.9 Å². The Morgan fingerprint density at radius 3 is 2.56 bits per heavy atom. The Hall–Kier alpha value is -3.33. The van der Waals surface area contributed by atoms with E-state index in [0.29, 0.717) is 47.7 Å². The van der Waals surface area contributed by atoms with Gasteiger partial charge in [-0.1, -0.05) is 65.4 Å². The monoisotopic (exact) mass is 586 g/mol. The van der Waals surface area contributed by atoms with Gasteiger partial charge in [0.15, 0.2) is 10.6 Å². The molecule has 0 amide bonds. The largest absolute Gasteiger partial charge is 0.491 e. The number of nitrogens with zero attached hydrogens (tertiary/aromatic N) is 2. The molecule has 10 heteroatoms. The van der Waals surface area contributed by atoms with Crippen molar-refractivity contribution < 1.29 is 19.0 Å². The fourth-order valence-electron chi connectivity index (χ4n) is 4.25. The lowest BCUT2D eigenvalue weighted by molar-refractivity contribution is -0.139. The van der Waals surface area contributed by atoms with Gasteiger partial charge in [-0.05, 0) is 57.5 Å². The summed E-state index contributed by atoms with van der Waals surface area (Å²) in [4.78, 5) is 32.2. The highest BCUT2D eigenvalue weighted by atomic mass is 35.5. The van der Waals surface area contributed by atoms with E-state index in [4.69, 9.17) is 37.4 Å². The molecule has 7 nitrogen and oxygen atoms in total. The van der Waals surface area contributed by atoms with Crippen molar-refractivity contribution in [2.75, 3.05) is 13.2 Å². The number of allylic oxidation sites excluding steroid dienone is 1. The van der Waals surface area contributed by atoms with Gasteiger partial charge in [0.1, 0.15) is 18.4 Å². The second-order valence-electron chi connectivity index (χ2n) is 8.92. The van der Waals surface area contributed by atoms with Crippen LogP contribution in [0, 0.1) is 0 Å². The van der Waals surface area contributed by atoms with E-state index in [9.17, 15) is 9.59 Å². The van der Waals surface area contributed by atoms with E-state index in [1.54, 1.807) is 38.1 Å². The zero-order valence-corrected chi connectivity index (χ0v) is 24.3. The maximum absolute atomic E-state index is 13.9. The molecule has 0 saturated heterocycles. The number of thiazole rings is 1. The molecule has 0 spiro atoms. The van der Waals surface area contributed by atoms with E-state index in [-0.39, 0.29) is 30.5 Å². The van der Waals surface area contributed by atoms with Crippen molar-refractivity contribution in [2.24, 2.45) is 4.99 Å². The third-order valence-electron chi connectivity index (χ3n) is 5.76. The Bertz CT molecular complexity index is 1610. The number of hydrogen-bond acceptors (Lipinski definition) is 7. The van der Waals surface area contributed by atoms with Crippen molar-refractivity contribution in [3.05, 3.63) is 101 Å². The predicted molar refractivity (Wildman–Crippen MR) is 155 cm³/mol. The summed E-state index contributed by atoms with van der Waals surface area (Å²) in [6.07, 6.45) is 3.16. The summed E-state index contributed by atoms with van der Waals surface area (Å²) in [6, 6.07) is 9.91. The van der Waals surface area contributed by atoms with Gasteiger partial charge in [0.25, 0.3) is 5.56 Å². The molecule has 1 aliphatic rings. The SMILES string of the molecule is C=CCOc1c(Cl)cc(/C=c2/sc3n(c2=O)[C@@H](c2ccccc2OC(C)C)C(C(=O)OCC)=C(C)N=3)cc1Cl. The highest BCUT2D eigenvalue weighted by molar-refractivity contribution is 7.07. The van der Waals surface area contributed by atoms with Crippen LogP contribution in [0.2, 0.25) is 10.0 Å². The quantitative estimate of drug-likeness (QED) is 0.246. The van der Waals surface area contributed by atoms with Crippen LogP contribution in [0.4, 0.5) is 0 Å². The molecular formula is C29H28Cl2N2O5S. The standard InChI is InChI=1S/C29H28Cl2N2O5S/c1-6-12-37-26-20(30)13-18(14-21(26)31)15-23-27(34)33-25(19-10-8-9-11-22(19)38-16(3)4)24(28(35)36-7-2)17(5)32-29(33)39-23/h6,8-11,13-16,25H,1,7,12H2,2-5H3/b23-15+/t25-/m0/s1. The molecule has 0 fully saturated rings. The maximum atomic E-state index is 13.9. The second kappa shape index (κ2) is 12.2. The highest BCUT2D eigenvalue weighted by Crippen LogP contribution is 2.37. The minimum absolute atomic E-state index is 0.119. The fraction of sp³-hybridized carbons (Fsp3) is 0.276. The number of rotatable bonds is 9. The Labute approximate surface area is 240 Å². The van der Waals surface area contributed by atoms with Crippen LogP contribution in [0.15, 0.2) is 70.1 Å². The van der Waals surface area contributed by atoms with Crippen LogP contribution in [0.25, 0.3) is 6.08 Å². The molecule has 1 aromatic heterocycles. The molecule has 0 N–H and O–H groups in total. The van der Waals surface area contributed by atoms with Crippen molar-refractivity contribution in [3.8, 4) is 11.5 Å². The minimum Gasteiger partial charge on any atom is -0.491 e. The summed E-state index contributed by atoms with van der Waals surface area (Å²) in [7, 11) is 0. The number of carbonyl (C=O) groups is 1. The highest BCUT2D eigenvalue weighted by Gasteiger charge is 2.35. The first-order valence-electron chi connectivity index (χ1n) is 12.3. The zero-order chi connectivity index (χ0) is 28.3. The third kappa shape index (κ3) is 5.98. The molecule has 1 aliphatic heterocycles. The van der Waals surface area contributed by atoms with Gasteiger partial charge in [-0.25, -0.2) is 9.79 Å². The molecule has 3 aromatic rings. The van der Waals surface area contributed by atoms with Gasteiger partial charge in [-0.2, -0.15) is 0 Å². The lowest BCUT2D eigenvalue weighted by Gasteiger charge is -2.26. The average Bonchev–Trinajstić information content (AvgIpc) is 3.17. The Kier molecular flexibility index (Phi) is 9.00.